The number of carbonyl (C=O) groups excluding carboxylic acids is 2. The first-order valence-electron chi connectivity index (χ1n) is 4.17. The lowest BCUT2D eigenvalue weighted by molar-refractivity contribution is -0.124. The minimum atomic E-state index is -0.0302. The Kier molecular flexibility index (Phi) is 6.05. The van der Waals surface area contributed by atoms with Gasteiger partial charge in [-0.3, -0.25) is 9.59 Å². The van der Waals surface area contributed by atoms with Crippen LogP contribution in [0, 0.1) is 5.92 Å². The third kappa shape index (κ3) is 4.71. The molecule has 0 fully saturated rings. The number of hydrogen-bond acceptors (Lipinski definition) is 2. The van der Waals surface area contributed by atoms with Crippen LogP contribution in [0.2, 0.25) is 0 Å². The summed E-state index contributed by atoms with van der Waals surface area (Å²) in [6, 6.07) is 0. The monoisotopic (exact) mass is 172 g/mol. The largest absolute Gasteiger partial charge is 0.359 e. The van der Waals surface area contributed by atoms with Crippen molar-refractivity contribution in [3.05, 3.63) is 0 Å². The summed E-state index contributed by atoms with van der Waals surface area (Å²) in [4.78, 5) is 21.0. The van der Waals surface area contributed by atoms with Crippen molar-refractivity contribution in [3.63, 3.8) is 0 Å². The van der Waals surface area contributed by atoms with Gasteiger partial charge in [0.2, 0.25) is 12.3 Å². The normalized spacial score (nSPS) is 11.8. The predicted octanol–water partition coefficient (Wildman–Crippen LogP) is -0.105. The minimum Gasteiger partial charge on any atom is -0.359 e. The molecule has 0 aromatic heterocycles. The lowest BCUT2D eigenvalue weighted by Gasteiger charge is -2.09. The maximum absolute atomic E-state index is 11.1. The van der Waals surface area contributed by atoms with Crippen molar-refractivity contribution in [1.29, 1.82) is 0 Å². The first-order chi connectivity index (χ1) is 5.72. The zero-order valence-electron chi connectivity index (χ0n) is 7.59. The zero-order valence-corrected chi connectivity index (χ0v) is 7.59. The molecule has 12 heavy (non-hydrogen) atoms. The van der Waals surface area contributed by atoms with Crippen molar-refractivity contribution >= 4 is 12.3 Å². The summed E-state index contributed by atoms with van der Waals surface area (Å²) in [5.74, 6) is 0.0163. The maximum atomic E-state index is 11.1. The van der Waals surface area contributed by atoms with Crippen molar-refractivity contribution in [2.75, 3.05) is 13.1 Å². The van der Waals surface area contributed by atoms with Gasteiger partial charge in [0.05, 0.1) is 0 Å². The van der Waals surface area contributed by atoms with Gasteiger partial charge in [0.25, 0.3) is 0 Å². The van der Waals surface area contributed by atoms with E-state index < -0.39 is 0 Å². The fourth-order valence-electron chi connectivity index (χ4n) is 0.838. The van der Waals surface area contributed by atoms with Crippen LogP contribution in [-0.2, 0) is 9.59 Å². The van der Waals surface area contributed by atoms with Crippen LogP contribution >= 0.6 is 0 Å². The van der Waals surface area contributed by atoms with Crippen LogP contribution in [0.4, 0.5) is 0 Å². The van der Waals surface area contributed by atoms with Crippen molar-refractivity contribution in [2.24, 2.45) is 5.92 Å². The van der Waals surface area contributed by atoms with Crippen LogP contribution in [-0.4, -0.2) is 25.4 Å². The Morgan fingerprint density at radius 1 is 1.58 bits per heavy atom. The molecule has 0 aliphatic rings. The molecule has 0 heterocycles. The van der Waals surface area contributed by atoms with E-state index in [0.29, 0.717) is 25.9 Å². The van der Waals surface area contributed by atoms with Gasteiger partial charge in [-0.25, -0.2) is 0 Å². The van der Waals surface area contributed by atoms with E-state index in [9.17, 15) is 9.59 Å². The van der Waals surface area contributed by atoms with Crippen LogP contribution in [0.1, 0.15) is 20.3 Å². The Morgan fingerprint density at radius 2 is 2.25 bits per heavy atom. The van der Waals surface area contributed by atoms with Crippen molar-refractivity contribution in [2.45, 2.75) is 20.3 Å². The number of rotatable bonds is 6. The summed E-state index contributed by atoms with van der Waals surface area (Å²) in [5.41, 5.74) is 0. The maximum Gasteiger partial charge on any atom is 0.222 e. The van der Waals surface area contributed by atoms with E-state index in [-0.39, 0.29) is 11.8 Å². The van der Waals surface area contributed by atoms with Gasteiger partial charge in [-0.15, -0.1) is 0 Å². The molecule has 0 aromatic carbocycles. The van der Waals surface area contributed by atoms with Gasteiger partial charge in [-0.2, -0.15) is 0 Å². The van der Waals surface area contributed by atoms with E-state index in [1.807, 2.05) is 13.8 Å². The molecule has 2 amide bonds. The first kappa shape index (κ1) is 10.9. The van der Waals surface area contributed by atoms with Gasteiger partial charge in [-0.05, 0) is 13.3 Å². The number of amides is 2. The Morgan fingerprint density at radius 3 is 2.75 bits per heavy atom. The Balaban J connectivity index is 3.49. The second kappa shape index (κ2) is 6.64. The van der Waals surface area contributed by atoms with Crippen molar-refractivity contribution in [3.8, 4) is 0 Å². The smallest absolute Gasteiger partial charge is 0.222 e. The van der Waals surface area contributed by atoms with E-state index in [2.05, 4.69) is 10.6 Å². The molecular formula is C8H16N2O2. The van der Waals surface area contributed by atoms with E-state index in [1.54, 1.807) is 0 Å². The molecule has 0 radical (unpaired) electrons. The lowest BCUT2D eigenvalue weighted by Crippen LogP contribution is -2.30. The highest BCUT2D eigenvalue weighted by atomic mass is 16.1. The molecule has 0 bridgehead atoms. The van der Waals surface area contributed by atoms with Gasteiger partial charge in [0, 0.05) is 19.0 Å². The number of hydrogen-bond donors (Lipinski definition) is 2. The van der Waals surface area contributed by atoms with E-state index in [1.165, 1.54) is 0 Å². The van der Waals surface area contributed by atoms with Gasteiger partial charge in [0.15, 0.2) is 0 Å². The van der Waals surface area contributed by atoms with Gasteiger partial charge in [-0.1, -0.05) is 6.92 Å². The van der Waals surface area contributed by atoms with Crippen LogP contribution in [0.25, 0.3) is 0 Å². The van der Waals surface area contributed by atoms with Crippen LogP contribution in [0.3, 0.4) is 0 Å². The highest BCUT2D eigenvalue weighted by Crippen LogP contribution is 1.99. The molecule has 70 valence electrons. The second-order valence-corrected chi connectivity index (χ2v) is 2.66. The average molecular weight is 172 g/mol. The molecule has 0 rings (SSSR count). The summed E-state index contributed by atoms with van der Waals surface area (Å²) >= 11 is 0. The molecule has 1 atom stereocenters. The number of carbonyl (C=O) groups is 2. The summed E-state index contributed by atoms with van der Waals surface area (Å²) in [6.07, 6.45) is 1.33. The molecule has 2 N–H and O–H groups in total. The fraction of sp³-hybridized carbons (Fsp3) is 0.750. The van der Waals surface area contributed by atoms with E-state index >= 15 is 0 Å². The third-order valence-electron chi connectivity index (χ3n) is 1.60. The van der Waals surface area contributed by atoms with Gasteiger partial charge >= 0.3 is 0 Å². The van der Waals surface area contributed by atoms with Crippen LogP contribution in [0.15, 0.2) is 0 Å². The third-order valence-corrected chi connectivity index (χ3v) is 1.60. The number of nitrogens with one attached hydrogen (secondary N) is 2. The molecule has 1 unspecified atom stereocenters. The second-order valence-electron chi connectivity index (χ2n) is 2.66. The summed E-state index contributed by atoms with van der Waals surface area (Å²) in [7, 11) is 0. The fourth-order valence-corrected chi connectivity index (χ4v) is 0.838. The molecule has 0 aliphatic heterocycles. The summed E-state index contributed by atoms with van der Waals surface area (Å²) < 4.78 is 0. The molecule has 0 saturated heterocycles. The molecule has 0 aliphatic carbocycles. The van der Waals surface area contributed by atoms with Crippen LogP contribution < -0.4 is 10.6 Å². The summed E-state index contributed by atoms with van der Waals surface area (Å²) in [5, 5.41) is 5.23. The zero-order chi connectivity index (χ0) is 9.40. The van der Waals surface area contributed by atoms with Gasteiger partial charge in [0.1, 0.15) is 0 Å². The highest BCUT2D eigenvalue weighted by Gasteiger charge is 2.10. The average Bonchev–Trinajstić information content (AvgIpc) is 2.05. The quantitative estimate of drug-likeness (QED) is 0.434. The minimum absolute atomic E-state index is 0.0302. The van der Waals surface area contributed by atoms with Crippen molar-refractivity contribution in [1.82, 2.24) is 10.6 Å². The Bertz CT molecular complexity index is 148. The molecular weight excluding hydrogens is 156 g/mol. The molecule has 0 spiro atoms. The van der Waals surface area contributed by atoms with Gasteiger partial charge < -0.3 is 10.6 Å². The summed E-state index contributed by atoms with van der Waals surface area (Å²) in [6.45, 7) is 4.94. The SMILES string of the molecule is CCNC(=O)C(C)CCNC=O. The van der Waals surface area contributed by atoms with E-state index in [0.717, 1.165) is 0 Å². The lowest BCUT2D eigenvalue weighted by atomic mass is 10.1. The Hall–Kier alpha value is -1.06. The molecule has 0 saturated carbocycles. The topological polar surface area (TPSA) is 58.2 Å². The standard InChI is InChI=1S/C8H16N2O2/c1-3-10-8(12)7(2)4-5-9-6-11/h6-7H,3-5H2,1-2H3,(H,9,11)(H,10,12). The Labute approximate surface area is 72.7 Å². The molecule has 4 nitrogen and oxygen atoms in total. The highest BCUT2D eigenvalue weighted by molar-refractivity contribution is 5.78. The van der Waals surface area contributed by atoms with Crippen LogP contribution in [0.5, 0.6) is 0 Å². The van der Waals surface area contributed by atoms with E-state index in [4.69, 9.17) is 0 Å². The molecule has 4 heteroatoms. The van der Waals surface area contributed by atoms with Crippen molar-refractivity contribution < 1.29 is 9.59 Å². The molecule has 0 aromatic rings. The predicted molar refractivity (Wildman–Crippen MR) is 46.5 cm³/mol. The first-order valence-corrected chi connectivity index (χ1v) is 4.17.